The predicted octanol–water partition coefficient (Wildman–Crippen LogP) is 1.97. The van der Waals surface area contributed by atoms with Gasteiger partial charge in [-0.05, 0) is 31.9 Å². The maximum atomic E-state index is 12.5. The summed E-state index contributed by atoms with van der Waals surface area (Å²) in [7, 11) is 0. The fourth-order valence-electron chi connectivity index (χ4n) is 3.37. The van der Waals surface area contributed by atoms with E-state index < -0.39 is 0 Å². The summed E-state index contributed by atoms with van der Waals surface area (Å²) in [4.78, 5) is 26.8. The van der Waals surface area contributed by atoms with Crippen molar-refractivity contribution >= 4 is 16.8 Å². The maximum absolute atomic E-state index is 12.5. The van der Waals surface area contributed by atoms with Gasteiger partial charge in [-0.1, -0.05) is 30.2 Å². The van der Waals surface area contributed by atoms with E-state index in [0.29, 0.717) is 16.9 Å². The Balaban J connectivity index is 1.71. The van der Waals surface area contributed by atoms with Gasteiger partial charge < -0.3 is 4.90 Å². The summed E-state index contributed by atoms with van der Waals surface area (Å²) in [5.74, 6) is 0.0984. The molecule has 0 N–H and O–H groups in total. The molecular formula is C17H22N4O2. The number of rotatable bonds is 5. The van der Waals surface area contributed by atoms with Crippen molar-refractivity contribution in [3.8, 4) is 0 Å². The van der Waals surface area contributed by atoms with Crippen molar-refractivity contribution < 1.29 is 4.79 Å². The van der Waals surface area contributed by atoms with Gasteiger partial charge in [-0.3, -0.25) is 9.59 Å². The standard InChI is InChI=1S/C17H22N4O2/c1-2-20(13-7-3-4-8-13)16(22)11-12-21-17(23)14-9-5-6-10-15(14)18-19-21/h5-6,9-10,13H,2-4,7-8,11-12H2,1H3. The van der Waals surface area contributed by atoms with E-state index in [0.717, 1.165) is 19.4 Å². The lowest BCUT2D eigenvalue weighted by atomic mass is 10.2. The molecular weight excluding hydrogens is 292 g/mol. The number of carbonyl (C=O) groups is 1. The van der Waals surface area contributed by atoms with E-state index in [1.807, 2.05) is 17.9 Å². The summed E-state index contributed by atoms with van der Waals surface area (Å²) in [6.07, 6.45) is 4.87. The molecule has 0 aliphatic heterocycles. The molecule has 0 bridgehead atoms. The van der Waals surface area contributed by atoms with Crippen molar-refractivity contribution in [3.63, 3.8) is 0 Å². The first kappa shape index (κ1) is 15.6. The Morgan fingerprint density at radius 3 is 2.78 bits per heavy atom. The van der Waals surface area contributed by atoms with E-state index in [-0.39, 0.29) is 24.4 Å². The lowest BCUT2D eigenvalue weighted by molar-refractivity contribution is -0.133. The number of carbonyl (C=O) groups excluding carboxylic acids is 1. The van der Waals surface area contributed by atoms with Crippen LogP contribution in [0, 0.1) is 0 Å². The van der Waals surface area contributed by atoms with Crippen molar-refractivity contribution in [2.45, 2.75) is 51.6 Å². The van der Waals surface area contributed by atoms with Crippen molar-refractivity contribution in [1.82, 2.24) is 19.9 Å². The van der Waals surface area contributed by atoms with E-state index in [9.17, 15) is 9.59 Å². The highest BCUT2D eigenvalue weighted by Gasteiger charge is 2.25. The summed E-state index contributed by atoms with van der Waals surface area (Å²) in [5, 5.41) is 8.53. The van der Waals surface area contributed by atoms with Gasteiger partial charge in [0.2, 0.25) is 5.91 Å². The number of aromatic nitrogens is 3. The molecule has 1 amide bonds. The van der Waals surface area contributed by atoms with Crippen LogP contribution < -0.4 is 5.56 Å². The SMILES string of the molecule is CCN(C(=O)CCn1nnc2ccccc2c1=O)C1CCCC1. The van der Waals surface area contributed by atoms with E-state index >= 15 is 0 Å². The highest BCUT2D eigenvalue weighted by Crippen LogP contribution is 2.23. The molecule has 6 heteroatoms. The molecule has 1 heterocycles. The van der Waals surface area contributed by atoms with Crippen LogP contribution in [0.5, 0.6) is 0 Å². The molecule has 23 heavy (non-hydrogen) atoms. The molecule has 0 saturated heterocycles. The molecule has 1 aliphatic carbocycles. The molecule has 1 aromatic carbocycles. The van der Waals surface area contributed by atoms with E-state index in [4.69, 9.17) is 0 Å². The Morgan fingerprint density at radius 1 is 1.30 bits per heavy atom. The number of hydrogen-bond acceptors (Lipinski definition) is 4. The van der Waals surface area contributed by atoms with Crippen molar-refractivity contribution in [3.05, 3.63) is 34.6 Å². The highest BCUT2D eigenvalue weighted by atomic mass is 16.2. The fraction of sp³-hybridized carbons (Fsp3) is 0.529. The average molecular weight is 314 g/mol. The lowest BCUT2D eigenvalue weighted by Crippen LogP contribution is -2.39. The molecule has 0 spiro atoms. The van der Waals surface area contributed by atoms with Crippen LogP contribution in [-0.4, -0.2) is 38.4 Å². The third kappa shape index (κ3) is 3.25. The van der Waals surface area contributed by atoms with Gasteiger partial charge in [0.25, 0.3) is 5.56 Å². The Bertz CT molecular complexity index is 750. The van der Waals surface area contributed by atoms with Crippen LogP contribution in [-0.2, 0) is 11.3 Å². The number of benzene rings is 1. The number of hydrogen-bond donors (Lipinski definition) is 0. The second-order valence-electron chi connectivity index (χ2n) is 6.00. The number of amides is 1. The topological polar surface area (TPSA) is 68.1 Å². The van der Waals surface area contributed by atoms with Crippen molar-refractivity contribution in [1.29, 1.82) is 0 Å². The van der Waals surface area contributed by atoms with Crippen LogP contribution in [0.1, 0.15) is 39.0 Å². The largest absolute Gasteiger partial charge is 0.340 e. The van der Waals surface area contributed by atoms with Crippen molar-refractivity contribution in [2.24, 2.45) is 0 Å². The summed E-state index contributed by atoms with van der Waals surface area (Å²) in [6.45, 7) is 3.01. The zero-order valence-corrected chi connectivity index (χ0v) is 13.4. The van der Waals surface area contributed by atoms with Crippen molar-refractivity contribution in [2.75, 3.05) is 6.54 Å². The highest BCUT2D eigenvalue weighted by molar-refractivity contribution is 5.77. The minimum atomic E-state index is -0.188. The fourth-order valence-corrected chi connectivity index (χ4v) is 3.37. The van der Waals surface area contributed by atoms with Crippen LogP contribution in [0.3, 0.4) is 0 Å². The third-order valence-electron chi connectivity index (χ3n) is 4.59. The molecule has 2 aromatic rings. The molecule has 6 nitrogen and oxygen atoms in total. The summed E-state index contributed by atoms with van der Waals surface area (Å²) in [6, 6.07) is 7.50. The number of fused-ring (bicyclic) bond motifs is 1. The third-order valence-corrected chi connectivity index (χ3v) is 4.59. The van der Waals surface area contributed by atoms with Crippen LogP contribution >= 0.6 is 0 Å². The zero-order chi connectivity index (χ0) is 16.2. The van der Waals surface area contributed by atoms with Crippen LogP contribution in [0.4, 0.5) is 0 Å². The minimum absolute atomic E-state index is 0.0984. The minimum Gasteiger partial charge on any atom is -0.340 e. The lowest BCUT2D eigenvalue weighted by Gasteiger charge is -2.27. The van der Waals surface area contributed by atoms with Gasteiger partial charge in [0.15, 0.2) is 0 Å². The van der Waals surface area contributed by atoms with Gasteiger partial charge in [0.05, 0.1) is 11.9 Å². The van der Waals surface area contributed by atoms with Crippen LogP contribution in [0.15, 0.2) is 29.1 Å². The molecule has 1 saturated carbocycles. The first-order valence-corrected chi connectivity index (χ1v) is 8.32. The van der Waals surface area contributed by atoms with Crippen LogP contribution in [0.2, 0.25) is 0 Å². The smallest absolute Gasteiger partial charge is 0.277 e. The summed E-state index contributed by atoms with van der Waals surface area (Å²) >= 11 is 0. The first-order valence-electron chi connectivity index (χ1n) is 8.32. The van der Waals surface area contributed by atoms with Crippen LogP contribution in [0.25, 0.3) is 10.9 Å². The monoisotopic (exact) mass is 314 g/mol. The molecule has 1 aromatic heterocycles. The molecule has 1 fully saturated rings. The van der Waals surface area contributed by atoms with Gasteiger partial charge in [0.1, 0.15) is 5.52 Å². The quantitative estimate of drug-likeness (QED) is 0.846. The number of aryl methyl sites for hydroxylation is 1. The average Bonchev–Trinajstić information content (AvgIpc) is 3.09. The van der Waals surface area contributed by atoms with Gasteiger partial charge in [-0.2, -0.15) is 0 Å². The second kappa shape index (κ2) is 6.89. The Hall–Kier alpha value is -2.24. The zero-order valence-electron chi connectivity index (χ0n) is 13.4. The first-order chi connectivity index (χ1) is 11.2. The molecule has 0 radical (unpaired) electrons. The molecule has 1 aliphatic rings. The Labute approximate surface area is 135 Å². The molecule has 0 atom stereocenters. The van der Waals surface area contributed by atoms with Gasteiger partial charge >= 0.3 is 0 Å². The molecule has 3 rings (SSSR count). The summed E-state index contributed by atoms with van der Waals surface area (Å²) < 4.78 is 1.29. The van der Waals surface area contributed by atoms with Gasteiger partial charge in [-0.15, -0.1) is 5.10 Å². The Morgan fingerprint density at radius 2 is 2.04 bits per heavy atom. The van der Waals surface area contributed by atoms with Gasteiger partial charge in [-0.25, -0.2) is 4.68 Å². The number of nitrogens with zero attached hydrogens (tertiary/aromatic N) is 4. The predicted molar refractivity (Wildman–Crippen MR) is 88.1 cm³/mol. The van der Waals surface area contributed by atoms with Gasteiger partial charge in [0, 0.05) is 19.0 Å². The van der Waals surface area contributed by atoms with E-state index in [1.165, 1.54) is 17.5 Å². The van der Waals surface area contributed by atoms with E-state index in [1.54, 1.807) is 18.2 Å². The maximum Gasteiger partial charge on any atom is 0.277 e. The normalized spacial score (nSPS) is 15.2. The molecule has 122 valence electrons. The summed E-state index contributed by atoms with van der Waals surface area (Å²) in [5.41, 5.74) is 0.397. The Kier molecular flexibility index (Phi) is 4.69. The van der Waals surface area contributed by atoms with E-state index in [2.05, 4.69) is 10.3 Å². The molecule has 0 unspecified atom stereocenters. The second-order valence-corrected chi connectivity index (χ2v) is 6.00.